The number of hydrogen-bond acceptors (Lipinski definition) is 0. The summed E-state index contributed by atoms with van der Waals surface area (Å²) >= 11 is -4.76. The SMILES string of the molecule is [CH2]=[Zr]([CH2]c1cccc2ccccc12)([CH2]c1cccc2ccccc12)([C]1=CC=CC1)[c]1c(C)c(C(C)(C)C)cc2c1Cc1cc(C)c(C(C)(C)C)cc1-2. The quantitative estimate of drug-likeness (QED) is 0.158. The summed E-state index contributed by atoms with van der Waals surface area (Å²) in [7, 11) is 0. The van der Waals surface area contributed by atoms with Gasteiger partial charge in [-0.25, -0.2) is 0 Å². The van der Waals surface area contributed by atoms with E-state index in [4.69, 9.17) is 4.21 Å². The van der Waals surface area contributed by atoms with E-state index in [-0.39, 0.29) is 10.8 Å². The molecule has 0 saturated heterocycles. The van der Waals surface area contributed by atoms with Gasteiger partial charge in [-0.2, -0.15) is 0 Å². The van der Waals surface area contributed by atoms with Gasteiger partial charge < -0.3 is 0 Å². The van der Waals surface area contributed by atoms with E-state index in [2.05, 4.69) is 177 Å². The molecule has 2 aliphatic carbocycles. The zero-order valence-electron chi connectivity index (χ0n) is 32.6. The molecule has 0 atom stereocenters. The normalized spacial score (nSPS) is 14.6. The molecule has 6 aromatic rings. The summed E-state index contributed by atoms with van der Waals surface area (Å²) in [6.07, 6.45) is 9.20. The van der Waals surface area contributed by atoms with Gasteiger partial charge in [0.1, 0.15) is 0 Å². The molecular formula is C51H54Zr. The van der Waals surface area contributed by atoms with Gasteiger partial charge >= 0.3 is 315 Å². The number of benzene rings is 6. The van der Waals surface area contributed by atoms with Crippen molar-refractivity contribution in [1.82, 2.24) is 0 Å². The minimum atomic E-state index is -4.76. The Labute approximate surface area is 312 Å². The second kappa shape index (κ2) is 12.3. The van der Waals surface area contributed by atoms with Gasteiger partial charge in [0, 0.05) is 0 Å². The fourth-order valence-corrected chi connectivity index (χ4v) is 27.7. The molecule has 0 fully saturated rings. The first kappa shape index (κ1) is 35.1. The summed E-state index contributed by atoms with van der Waals surface area (Å²) < 4.78 is 11.2. The van der Waals surface area contributed by atoms with Crippen LogP contribution >= 0.6 is 0 Å². The van der Waals surface area contributed by atoms with Crippen molar-refractivity contribution in [2.45, 2.75) is 87.3 Å². The number of rotatable bonds is 6. The maximum absolute atomic E-state index is 5.96. The van der Waals surface area contributed by atoms with E-state index in [0.717, 1.165) is 21.1 Å². The van der Waals surface area contributed by atoms with Crippen LogP contribution in [-0.4, -0.2) is 4.21 Å². The van der Waals surface area contributed by atoms with Crippen molar-refractivity contribution in [3.05, 3.63) is 169 Å². The molecule has 0 amide bonds. The van der Waals surface area contributed by atoms with E-state index < -0.39 is 18.3 Å². The standard InChI is InChI=1S/C23H29.2C11H9.C5H5.CH2.Zr/c1-14-9-16-11-17-10-15(2)21(23(6,7)8)13-19(17)18(16)12-20(14)22(3,4)5;2*1-9-5-4-7-10-6-2-3-8-11(9)10;1-2-4-5-3-1;;/h9,12-13H,11H2,1-8H3;2*2-8H,1H2;1-3H,4H2;1H2;. The van der Waals surface area contributed by atoms with E-state index in [1.54, 1.807) is 12.1 Å². The monoisotopic (exact) mass is 756 g/mol. The van der Waals surface area contributed by atoms with Gasteiger partial charge in [0.05, 0.1) is 0 Å². The zero-order chi connectivity index (χ0) is 36.7. The molecule has 8 rings (SSSR count). The molecule has 0 nitrogen and oxygen atoms in total. The van der Waals surface area contributed by atoms with E-state index in [0.29, 0.717) is 0 Å². The van der Waals surface area contributed by atoms with E-state index in [1.165, 1.54) is 71.6 Å². The third-order valence-electron chi connectivity index (χ3n) is 12.7. The molecule has 0 aromatic heterocycles. The van der Waals surface area contributed by atoms with Gasteiger partial charge in [-0.05, 0) is 0 Å². The molecule has 0 radical (unpaired) electrons. The predicted molar refractivity (Wildman–Crippen MR) is 225 cm³/mol. The third kappa shape index (κ3) is 5.62. The van der Waals surface area contributed by atoms with Crippen molar-refractivity contribution in [3.63, 3.8) is 0 Å². The Morgan fingerprint density at radius 2 is 1.17 bits per heavy atom. The number of allylic oxidation sites excluding steroid dienone is 4. The van der Waals surface area contributed by atoms with Gasteiger partial charge in [0.2, 0.25) is 0 Å². The van der Waals surface area contributed by atoms with Crippen LogP contribution in [0.1, 0.15) is 92.5 Å². The molecule has 6 aromatic carbocycles. The molecule has 0 aliphatic heterocycles. The van der Waals surface area contributed by atoms with Crippen LogP contribution in [0.4, 0.5) is 0 Å². The molecule has 1 heteroatoms. The van der Waals surface area contributed by atoms with Crippen molar-refractivity contribution in [1.29, 1.82) is 0 Å². The summed E-state index contributed by atoms with van der Waals surface area (Å²) in [5.41, 5.74) is 14.7. The fourth-order valence-electron chi connectivity index (χ4n) is 10.5. The fraction of sp³-hybridized carbons (Fsp3) is 0.275. The van der Waals surface area contributed by atoms with Gasteiger partial charge in [-0.15, -0.1) is 0 Å². The van der Waals surface area contributed by atoms with Crippen molar-refractivity contribution in [2.24, 2.45) is 0 Å². The Morgan fingerprint density at radius 3 is 1.71 bits per heavy atom. The van der Waals surface area contributed by atoms with Gasteiger partial charge in [-0.3, -0.25) is 0 Å². The first-order valence-electron chi connectivity index (χ1n) is 19.3. The average Bonchev–Trinajstić information content (AvgIpc) is 3.76. The number of aryl methyl sites for hydroxylation is 1. The van der Waals surface area contributed by atoms with Crippen LogP contribution in [0.2, 0.25) is 0 Å². The molecule has 0 spiro atoms. The Bertz CT molecular complexity index is 2460. The molecule has 0 N–H and O–H groups in total. The van der Waals surface area contributed by atoms with Crippen LogP contribution in [0, 0.1) is 13.8 Å². The maximum atomic E-state index is 5.96. The van der Waals surface area contributed by atoms with Crippen molar-refractivity contribution in [3.8, 4) is 11.1 Å². The summed E-state index contributed by atoms with van der Waals surface area (Å²) in [6, 6.07) is 39.7. The van der Waals surface area contributed by atoms with E-state index in [1.807, 2.05) is 0 Å². The third-order valence-corrected chi connectivity index (χ3v) is 28.7. The summed E-state index contributed by atoms with van der Waals surface area (Å²) in [6.45, 7) is 19.1. The van der Waals surface area contributed by atoms with Crippen LogP contribution in [-0.2, 0) is 43.8 Å². The average molecular weight is 758 g/mol. The number of fused-ring (bicyclic) bond motifs is 5. The molecule has 262 valence electrons. The summed E-state index contributed by atoms with van der Waals surface area (Å²) in [5.74, 6) is 0. The van der Waals surface area contributed by atoms with Gasteiger partial charge in [0.15, 0.2) is 0 Å². The van der Waals surface area contributed by atoms with Crippen molar-refractivity contribution < 1.29 is 18.3 Å². The molecule has 0 bridgehead atoms. The second-order valence-electron chi connectivity index (χ2n) is 18.3. The molecular weight excluding hydrogens is 704 g/mol. The summed E-state index contributed by atoms with van der Waals surface area (Å²) in [5, 5.41) is 5.37. The minimum absolute atomic E-state index is 0.0245. The molecule has 52 heavy (non-hydrogen) atoms. The Hall–Kier alpha value is -3.93. The first-order valence-corrected chi connectivity index (χ1v) is 27.0. The van der Waals surface area contributed by atoms with Gasteiger partial charge in [0.25, 0.3) is 0 Å². The topological polar surface area (TPSA) is 0 Å². The molecule has 0 heterocycles. The zero-order valence-corrected chi connectivity index (χ0v) is 35.0. The summed E-state index contributed by atoms with van der Waals surface area (Å²) in [4.78, 5) is 0. The van der Waals surface area contributed by atoms with Crippen molar-refractivity contribution in [2.75, 3.05) is 0 Å². The molecule has 0 unspecified atom stereocenters. The van der Waals surface area contributed by atoms with Crippen LogP contribution < -0.4 is 3.27 Å². The van der Waals surface area contributed by atoms with Gasteiger partial charge in [-0.1, -0.05) is 0 Å². The van der Waals surface area contributed by atoms with Crippen LogP contribution in [0.25, 0.3) is 32.7 Å². The first-order chi connectivity index (χ1) is 24.7. The Morgan fingerprint density at radius 1 is 0.635 bits per heavy atom. The Kier molecular flexibility index (Phi) is 8.32. The van der Waals surface area contributed by atoms with Crippen molar-refractivity contribution >= 4 is 29.0 Å². The van der Waals surface area contributed by atoms with E-state index in [9.17, 15) is 0 Å². The van der Waals surface area contributed by atoms with Crippen LogP contribution in [0.3, 0.4) is 0 Å². The number of hydrogen-bond donors (Lipinski definition) is 0. The van der Waals surface area contributed by atoms with E-state index >= 15 is 0 Å². The second-order valence-corrected chi connectivity index (χ2v) is 32.4. The van der Waals surface area contributed by atoms with Crippen LogP contribution in [0.15, 0.2) is 125 Å². The Balaban J connectivity index is 1.53. The predicted octanol–water partition coefficient (Wildman–Crippen LogP) is 12.8. The molecule has 2 aliphatic rings. The molecule has 0 saturated carbocycles. The van der Waals surface area contributed by atoms with Crippen LogP contribution in [0.5, 0.6) is 0 Å².